The third-order valence-electron chi connectivity index (χ3n) is 4.01. The van der Waals surface area contributed by atoms with E-state index >= 15 is 0 Å². The molecule has 1 amide bonds. The Balaban J connectivity index is 1.50. The van der Waals surface area contributed by atoms with E-state index in [0.29, 0.717) is 11.7 Å². The number of amides is 1. The van der Waals surface area contributed by atoms with E-state index in [1.165, 1.54) is 12.8 Å². The summed E-state index contributed by atoms with van der Waals surface area (Å²) >= 11 is 1.62. The zero-order chi connectivity index (χ0) is 14.2. The molecule has 1 saturated carbocycles. The molecule has 110 valence electrons. The Morgan fingerprint density at radius 2 is 2.19 bits per heavy atom. The van der Waals surface area contributed by atoms with Gasteiger partial charge < -0.3 is 15.2 Å². The van der Waals surface area contributed by atoms with Gasteiger partial charge in [-0.15, -0.1) is 11.3 Å². The highest BCUT2D eigenvalue weighted by molar-refractivity contribution is 7.14. The minimum absolute atomic E-state index is 0.102. The highest BCUT2D eigenvalue weighted by Crippen LogP contribution is 2.30. The van der Waals surface area contributed by atoms with Gasteiger partial charge in [0.1, 0.15) is 5.69 Å². The number of thiazole rings is 1. The van der Waals surface area contributed by atoms with Gasteiger partial charge in [0.25, 0.3) is 5.91 Å². The van der Waals surface area contributed by atoms with E-state index in [1.807, 2.05) is 22.5 Å². The zero-order valence-electron chi connectivity index (χ0n) is 11.8. The van der Waals surface area contributed by atoms with Crippen LogP contribution in [0.15, 0.2) is 17.6 Å². The number of hydrogen-bond donors (Lipinski definition) is 2. The first kappa shape index (κ1) is 12.9. The molecule has 4 rings (SSSR count). The minimum Gasteiger partial charge on any atom is -0.359 e. The second-order valence-corrected chi connectivity index (χ2v) is 6.62. The van der Waals surface area contributed by atoms with E-state index in [1.54, 1.807) is 11.3 Å². The van der Waals surface area contributed by atoms with Crippen LogP contribution in [0.25, 0.3) is 11.3 Å². The number of anilines is 1. The summed E-state index contributed by atoms with van der Waals surface area (Å²) in [5.74, 6) is 0.102. The van der Waals surface area contributed by atoms with Crippen molar-refractivity contribution in [2.24, 2.45) is 0 Å². The van der Waals surface area contributed by atoms with Crippen molar-refractivity contribution in [2.75, 3.05) is 18.4 Å². The quantitative estimate of drug-likeness (QED) is 0.913. The molecule has 1 aliphatic heterocycles. The molecule has 5 nitrogen and oxygen atoms in total. The van der Waals surface area contributed by atoms with Crippen LogP contribution in [0.3, 0.4) is 0 Å². The molecule has 2 fully saturated rings. The second-order valence-electron chi connectivity index (χ2n) is 5.76. The Morgan fingerprint density at radius 1 is 1.38 bits per heavy atom. The lowest BCUT2D eigenvalue weighted by Gasteiger charge is -2.13. The van der Waals surface area contributed by atoms with Crippen LogP contribution in [0.4, 0.5) is 5.13 Å². The van der Waals surface area contributed by atoms with Crippen molar-refractivity contribution in [1.29, 1.82) is 0 Å². The summed E-state index contributed by atoms with van der Waals surface area (Å²) < 4.78 is 0. The molecule has 3 heterocycles. The summed E-state index contributed by atoms with van der Waals surface area (Å²) in [7, 11) is 0. The summed E-state index contributed by atoms with van der Waals surface area (Å²) in [6, 6.07) is 2.53. The summed E-state index contributed by atoms with van der Waals surface area (Å²) in [5, 5.41) is 6.42. The van der Waals surface area contributed by atoms with Gasteiger partial charge in [-0.3, -0.25) is 4.79 Å². The maximum atomic E-state index is 12.3. The molecule has 2 aromatic rings. The van der Waals surface area contributed by atoms with Crippen LogP contribution in [-0.4, -0.2) is 39.9 Å². The Kier molecular flexibility index (Phi) is 3.18. The molecule has 0 unspecified atom stereocenters. The molecule has 0 radical (unpaired) electrons. The molecule has 0 spiro atoms. The predicted octanol–water partition coefficient (Wildman–Crippen LogP) is 2.95. The van der Waals surface area contributed by atoms with Crippen molar-refractivity contribution in [3.05, 3.63) is 23.3 Å². The first-order valence-electron chi connectivity index (χ1n) is 7.50. The monoisotopic (exact) mass is 302 g/mol. The topological polar surface area (TPSA) is 61.0 Å². The minimum atomic E-state index is 0.102. The van der Waals surface area contributed by atoms with Crippen molar-refractivity contribution in [3.8, 4) is 11.3 Å². The van der Waals surface area contributed by atoms with Crippen LogP contribution < -0.4 is 5.32 Å². The van der Waals surface area contributed by atoms with Gasteiger partial charge >= 0.3 is 0 Å². The number of aromatic nitrogens is 2. The largest absolute Gasteiger partial charge is 0.359 e. The molecule has 2 aromatic heterocycles. The lowest BCUT2D eigenvalue weighted by molar-refractivity contribution is 0.0788. The fraction of sp³-hybridized carbons (Fsp3) is 0.467. The van der Waals surface area contributed by atoms with E-state index in [9.17, 15) is 4.79 Å². The highest BCUT2D eigenvalue weighted by atomic mass is 32.1. The van der Waals surface area contributed by atoms with Gasteiger partial charge in [0, 0.05) is 36.3 Å². The van der Waals surface area contributed by atoms with Crippen LogP contribution in [0, 0.1) is 0 Å². The Bertz CT molecular complexity index is 652. The van der Waals surface area contributed by atoms with Gasteiger partial charge in [-0.1, -0.05) is 0 Å². The molecule has 21 heavy (non-hydrogen) atoms. The van der Waals surface area contributed by atoms with Gasteiger partial charge in [0.2, 0.25) is 0 Å². The number of nitrogens with zero attached hydrogens (tertiary/aromatic N) is 2. The van der Waals surface area contributed by atoms with Gasteiger partial charge in [0.15, 0.2) is 5.13 Å². The van der Waals surface area contributed by atoms with Gasteiger partial charge in [-0.05, 0) is 31.7 Å². The van der Waals surface area contributed by atoms with Gasteiger partial charge in [-0.2, -0.15) is 0 Å². The predicted molar refractivity (Wildman–Crippen MR) is 83.7 cm³/mol. The number of likely N-dealkylation sites (tertiary alicyclic amines) is 1. The fourth-order valence-corrected chi connectivity index (χ4v) is 3.43. The van der Waals surface area contributed by atoms with Crippen LogP contribution in [0.1, 0.15) is 36.2 Å². The molecule has 0 aromatic carbocycles. The number of carbonyl (C=O) groups is 1. The average molecular weight is 302 g/mol. The van der Waals surface area contributed by atoms with E-state index in [-0.39, 0.29) is 5.91 Å². The first-order valence-corrected chi connectivity index (χ1v) is 8.38. The SMILES string of the molecule is O=C(c1cc(-c2csc(NC3CC3)n2)c[nH]1)N1CCCC1. The van der Waals surface area contributed by atoms with Crippen molar-refractivity contribution in [3.63, 3.8) is 0 Å². The van der Waals surface area contributed by atoms with Crippen LogP contribution in [0.5, 0.6) is 0 Å². The number of aromatic amines is 1. The maximum absolute atomic E-state index is 12.3. The van der Waals surface area contributed by atoms with Crippen LogP contribution in [-0.2, 0) is 0 Å². The molecule has 1 aliphatic carbocycles. The lowest BCUT2D eigenvalue weighted by atomic mass is 10.2. The molecular weight excluding hydrogens is 284 g/mol. The molecule has 6 heteroatoms. The Morgan fingerprint density at radius 3 is 2.95 bits per heavy atom. The van der Waals surface area contributed by atoms with E-state index < -0.39 is 0 Å². The smallest absolute Gasteiger partial charge is 0.270 e. The van der Waals surface area contributed by atoms with Crippen molar-refractivity contribution in [1.82, 2.24) is 14.9 Å². The van der Waals surface area contributed by atoms with Crippen LogP contribution >= 0.6 is 11.3 Å². The van der Waals surface area contributed by atoms with E-state index in [4.69, 9.17) is 0 Å². The van der Waals surface area contributed by atoms with Crippen molar-refractivity contribution >= 4 is 22.4 Å². The summed E-state index contributed by atoms with van der Waals surface area (Å²) in [6.07, 6.45) is 6.59. The average Bonchev–Trinajstić information content (AvgIpc) is 2.98. The molecular formula is C15H18N4OS. The zero-order valence-corrected chi connectivity index (χ0v) is 12.6. The van der Waals surface area contributed by atoms with Gasteiger partial charge in [0.05, 0.1) is 5.69 Å². The summed E-state index contributed by atoms with van der Waals surface area (Å²) in [4.78, 5) is 21.9. The molecule has 2 N–H and O–H groups in total. The number of H-pyrrole nitrogens is 1. The summed E-state index contributed by atoms with van der Waals surface area (Å²) in [5.41, 5.74) is 2.58. The van der Waals surface area contributed by atoms with E-state index in [2.05, 4.69) is 15.3 Å². The lowest BCUT2D eigenvalue weighted by Crippen LogP contribution is -2.27. The molecule has 0 atom stereocenters. The van der Waals surface area contributed by atoms with Crippen molar-refractivity contribution in [2.45, 2.75) is 31.7 Å². The normalized spacial score (nSPS) is 18.2. The number of rotatable bonds is 4. The second kappa shape index (κ2) is 5.18. The standard InChI is InChI=1S/C15H18N4OS/c20-14(19-5-1-2-6-19)12-7-10(8-16-12)13-9-21-15(18-13)17-11-3-4-11/h7-9,11,16H,1-6H2,(H,17,18). The van der Waals surface area contributed by atoms with Gasteiger partial charge in [-0.25, -0.2) is 4.98 Å². The third kappa shape index (κ3) is 2.68. The Hall–Kier alpha value is -1.82. The highest BCUT2D eigenvalue weighted by Gasteiger charge is 2.23. The molecule has 0 bridgehead atoms. The summed E-state index contributed by atoms with van der Waals surface area (Å²) in [6.45, 7) is 1.75. The molecule has 2 aliphatic rings. The molecule has 1 saturated heterocycles. The van der Waals surface area contributed by atoms with Crippen LogP contribution in [0.2, 0.25) is 0 Å². The maximum Gasteiger partial charge on any atom is 0.270 e. The number of hydrogen-bond acceptors (Lipinski definition) is 4. The Labute approximate surface area is 127 Å². The van der Waals surface area contributed by atoms with Crippen molar-refractivity contribution < 1.29 is 4.79 Å². The number of carbonyl (C=O) groups excluding carboxylic acids is 1. The fourth-order valence-electron chi connectivity index (χ4n) is 2.63. The number of nitrogens with one attached hydrogen (secondary N) is 2. The first-order chi connectivity index (χ1) is 10.3. The third-order valence-corrected chi connectivity index (χ3v) is 4.79. The van der Waals surface area contributed by atoms with E-state index in [0.717, 1.165) is 42.3 Å².